The highest BCUT2D eigenvalue weighted by atomic mass is 19.1. The maximum atomic E-state index is 14.4. The van der Waals surface area contributed by atoms with Crippen LogP contribution in [0.2, 0.25) is 0 Å². The number of ketones is 1. The van der Waals surface area contributed by atoms with Gasteiger partial charge in [0.15, 0.2) is 17.4 Å². The van der Waals surface area contributed by atoms with Gasteiger partial charge in [0.1, 0.15) is 5.82 Å². The molecule has 1 aromatic rings. The lowest BCUT2D eigenvalue weighted by atomic mass is 10.0. The van der Waals surface area contributed by atoms with Crippen LogP contribution in [0.1, 0.15) is 29.6 Å². The van der Waals surface area contributed by atoms with E-state index < -0.39 is 0 Å². The second kappa shape index (κ2) is 4.94. The van der Waals surface area contributed by atoms with Gasteiger partial charge in [0.2, 0.25) is 0 Å². The Labute approximate surface area is 123 Å². The Morgan fingerprint density at radius 1 is 1.19 bits per heavy atom. The number of Topliss-reactive ketones (excluding diaryl/α,β-unsaturated/α-hetero) is 1. The van der Waals surface area contributed by atoms with Gasteiger partial charge in [-0.2, -0.15) is 0 Å². The first-order chi connectivity index (χ1) is 10.2. The number of rotatable bonds is 2. The average molecular weight is 290 g/mol. The highest BCUT2D eigenvalue weighted by Crippen LogP contribution is 2.37. The standard InChI is InChI=1S/C15H19FN4O/c16-12-9-11-13(21)3-6-20(10-1-2-10)14(11)18-15(12)19-7-4-17-5-8-19/h9-10,17H,1-8H2. The Morgan fingerprint density at radius 3 is 2.67 bits per heavy atom. The third-order valence-corrected chi connectivity index (χ3v) is 4.49. The van der Waals surface area contributed by atoms with E-state index in [4.69, 9.17) is 0 Å². The van der Waals surface area contributed by atoms with Crippen LogP contribution < -0.4 is 15.1 Å². The average Bonchev–Trinajstić information content (AvgIpc) is 3.33. The number of pyridine rings is 1. The molecule has 0 unspecified atom stereocenters. The van der Waals surface area contributed by atoms with Crippen LogP contribution in [0, 0.1) is 5.82 Å². The number of fused-ring (bicyclic) bond motifs is 1. The molecule has 0 bridgehead atoms. The molecule has 3 heterocycles. The molecule has 1 saturated heterocycles. The molecule has 2 fully saturated rings. The number of hydrogen-bond acceptors (Lipinski definition) is 5. The minimum absolute atomic E-state index is 0.0140. The first-order valence-electron chi connectivity index (χ1n) is 7.70. The summed E-state index contributed by atoms with van der Waals surface area (Å²) in [6.45, 7) is 3.89. The molecule has 3 aliphatic rings. The molecule has 0 aromatic carbocycles. The third-order valence-electron chi connectivity index (χ3n) is 4.49. The summed E-state index contributed by atoms with van der Waals surface area (Å²) in [5.41, 5.74) is 0.463. The predicted molar refractivity (Wildman–Crippen MR) is 78.6 cm³/mol. The van der Waals surface area contributed by atoms with Gasteiger partial charge in [-0.25, -0.2) is 9.37 Å². The van der Waals surface area contributed by atoms with Crippen molar-refractivity contribution in [2.24, 2.45) is 0 Å². The number of nitrogens with zero attached hydrogens (tertiary/aromatic N) is 3. The quantitative estimate of drug-likeness (QED) is 0.886. The Hall–Kier alpha value is -1.69. The van der Waals surface area contributed by atoms with Crippen molar-refractivity contribution in [1.29, 1.82) is 0 Å². The molecule has 4 rings (SSSR count). The minimum Gasteiger partial charge on any atom is -0.352 e. The Bertz CT molecular complexity index is 581. The van der Waals surface area contributed by atoms with Crippen LogP contribution in [-0.4, -0.2) is 49.5 Å². The van der Waals surface area contributed by atoms with Gasteiger partial charge >= 0.3 is 0 Å². The van der Waals surface area contributed by atoms with Crippen molar-refractivity contribution in [2.75, 3.05) is 42.5 Å². The SMILES string of the molecule is O=C1CCN(C2CC2)c2nc(N3CCNCC3)c(F)cc21. The number of nitrogens with one attached hydrogen (secondary N) is 1. The zero-order valence-corrected chi connectivity index (χ0v) is 11.9. The van der Waals surface area contributed by atoms with Gasteiger partial charge in [0, 0.05) is 45.2 Å². The third kappa shape index (κ3) is 2.27. The van der Waals surface area contributed by atoms with Crippen LogP contribution in [0.15, 0.2) is 6.07 Å². The van der Waals surface area contributed by atoms with Crippen LogP contribution in [0.25, 0.3) is 0 Å². The van der Waals surface area contributed by atoms with Crippen molar-refractivity contribution in [2.45, 2.75) is 25.3 Å². The molecule has 1 N–H and O–H groups in total. The first kappa shape index (κ1) is 13.0. The fourth-order valence-corrected chi connectivity index (χ4v) is 3.20. The van der Waals surface area contributed by atoms with E-state index in [2.05, 4.69) is 15.2 Å². The molecule has 112 valence electrons. The smallest absolute Gasteiger partial charge is 0.168 e. The maximum Gasteiger partial charge on any atom is 0.168 e. The Balaban J connectivity index is 1.75. The molecule has 1 aromatic heterocycles. The number of aromatic nitrogens is 1. The molecule has 0 radical (unpaired) electrons. The van der Waals surface area contributed by atoms with Gasteiger partial charge in [-0.1, -0.05) is 0 Å². The monoisotopic (exact) mass is 290 g/mol. The molecule has 0 amide bonds. The van der Waals surface area contributed by atoms with Gasteiger partial charge in [0.25, 0.3) is 0 Å². The van der Waals surface area contributed by atoms with E-state index in [1.165, 1.54) is 6.07 Å². The first-order valence-corrected chi connectivity index (χ1v) is 7.70. The molecule has 1 saturated carbocycles. The lowest BCUT2D eigenvalue weighted by molar-refractivity contribution is 0.0978. The number of anilines is 2. The van der Waals surface area contributed by atoms with Crippen molar-refractivity contribution in [1.82, 2.24) is 10.3 Å². The molecule has 0 atom stereocenters. The van der Waals surface area contributed by atoms with Crippen molar-refractivity contribution in [3.63, 3.8) is 0 Å². The van der Waals surface area contributed by atoms with E-state index in [9.17, 15) is 9.18 Å². The summed E-state index contributed by atoms with van der Waals surface area (Å²) in [4.78, 5) is 20.8. The maximum absolute atomic E-state index is 14.4. The summed E-state index contributed by atoms with van der Waals surface area (Å²) in [6, 6.07) is 1.89. The summed E-state index contributed by atoms with van der Waals surface area (Å²) >= 11 is 0. The summed E-state index contributed by atoms with van der Waals surface area (Å²) < 4.78 is 14.4. The van der Waals surface area contributed by atoms with Crippen molar-refractivity contribution in [3.8, 4) is 0 Å². The second-order valence-electron chi connectivity index (χ2n) is 6.00. The fourth-order valence-electron chi connectivity index (χ4n) is 3.20. The van der Waals surface area contributed by atoms with Crippen LogP contribution in [0.5, 0.6) is 0 Å². The zero-order chi connectivity index (χ0) is 14.4. The topological polar surface area (TPSA) is 48.5 Å². The number of piperazine rings is 1. The van der Waals surface area contributed by atoms with Crippen LogP contribution in [-0.2, 0) is 0 Å². The molecule has 2 aliphatic heterocycles. The van der Waals surface area contributed by atoms with E-state index in [1.54, 1.807) is 0 Å². The highest BCUT2D eigenvalue weighted by molar-refractivity contribution is 6.03. The van der Waals surface area contributed by atoms with Gasteiger partial charge in [-0.15, -0.1) is 0 Å². The Morgan fingerprint density at radius 2 is 1.95 bits per heavy atom. The van der Waals surface area contributed by atoms with Crippen molar-refractivity contribution in [3.05, 3.63) is 17.4 Å². The van der Waals surface area contributed by atoms with Crippen molar-refractivity contribution >= 4 is 17.4 Å². The minimum atomic E-state index is -0.373. The summed E-state index contributed by atoms with van der Waals surface area (Å²) in [5, 5.41) is 3.25. The fraction of sp³-hybridized carbons (Fsp3) is 0.600. The van der Waals surface area contributed by atoms with Crippen LogP contribution in [0.4, 0.5) is 16.0 Å². The predicted octanol–water partition coefficient (Wildman–Crippen LogP) is 1.19. The number of halogens is 1. The molecule has 1 aliphatic carbocycles. The van der Waals surface area contributed by atoms with Gasteiger partial charge in [-0.05, 0) is 18.9 Å². The number of carbonyl (C=O) groups is 1. The van der Waals surface area contributed by atoms with E-state index in [0.29, 0.717) is 29.7 Å². The van der Waals surface area contributed by atoms with Crippen molar-refractivity contribution < 1.29 is 9.18 Å². The van der Waals surface area contributed by atoms with Gasteiger partial charge < -0.3 is 15.1 Å². The molecule has 0 spiro atoms. The van der Waals surface area contributed by atoms with E-state index >= 15 is 0 Å². The lowest BCUT2D eigenvalue weighted by Crippen LogP contribution is -2.44. The van der Waals surface area contributed by atoms with Gasteiger partial charge in [-0.3, -0.25) is 4.79 Å². The largest absolute Gasteiger partial charge is 0.352 e. The molecular formula is C15H19FN4O. The molecular weight excluding hydrogens is 271 g/mol. The lowest BCUT2D eigenvalue weighted by Gasteiger charge is -2.33. The van der Waals surface area contributed by atoms with E-state index in [1.807, 2.05) is 4.90 Å². The highest BCUT2D eigenvalue weighted by Gasteiger charge is 2.36. The summed E-state index contributed by atoms with van der Waals surface area (Å²) in [7, 11) is 0. The summed E-state index contributed by atoms with van der Waals surface area (Å²) in [5.74, 6) is 0.737. The molecule has 21 heavy (non-hydrogen) atoms. The van der Waals surface area contributed by atoms with Crippen LogP contribution in [0.3, 0.4) is 0 Å². The van der Waals surface area contributed by atoms with Crippen LogP contribution >= 0.6 is 0 Å². The summed E-state index contributed by atoms with van der Waals surface area (Å²) in [6.07, 6.45) is 2.77. The Kier molecular flexibility index (Phi) is 3.06. The zero-order valence-electron chi connectivity index (χ0n) is 11.9. The normalized spacial score (nSPS) is 22.4. The number of hydrogen-bond donors (Lipinski definition) is 1. The molecule has 5 nitrogen and oxygen atoms in total. The van der Waals surface area contributed by atoms with E-state index in [0.717, 1.165) is 45.6 Å². The van der Waals surface area contributed by atoms with Gasteiger partial charge in [0.05, 0.1) is 5.56 Å². The number of carbonyl (C=O) groups excluding carboxylic acids is 1. The molecule has 6 heteroatoms. The van der Waals surface area contributed by atoms with E-state index in [-0.39, 0.29) is 11.6 Å². The second-order valence-corrected chi connectivity index (χ2v) is 6.00.